The SMILES string of the molecule is CC(C)(CNC(=O)CN1C(=O)N[C@](C)(c2ccccc2)C1=O)c1ccccc1F. The zero-order valence-corrected chi connectivity index (χ0v) is 16.7. The zero-order valence-electron chi connectivity index (χ0n) is 16.7. The van der Waals surface area contributed by atoms with E-state index >= 15 is 0 Å². The minimum absolute atomic E-state index is 0.159. The first-order chi connectivity index (χ1) is 13.6. The average Bonchev–Trinajstić information content (AvgIpc) is 2.91. The molecule has 1 heterocycles. The van der Waals surface area contributed by atoms with Gasteiger partial charge in [0.05, 0.1) is 0 Å². The van der Waals surface area contributed by atoms with Gasteiger partial charge in [0, 0.05) is 12.0 Å². The summed E-state index contributed by atoms with van der Waals surface area (Å²) in [6.07, 6.45) is 0. The maximum Gasteiger partial charge on any atom is 0.325 e. The van der Waals surface area contributed by atoms with Crippen LogP contribution in [-0.2, 0) is 20.5 Å². The summed E-state index contributed by atoms with van der Waals surface area (Å²) < 4.78 is 14.1. The highest BCUT2D eigenvalue weighted by molar-refractivity contribution is 6.09. The molecule has 0 spiro atoms. The number of carbonyl (C=O) groups is 3. The Morgan fingerprint density at radius 2 is 1.72 bits per heavy atom. The molecule has 0 aromatic heterocycles. The third kappa shape index (κ3) is 3.99. The Morgan fingerprint density at radius 1 is 1.10 bits per heavy atom. The number of nitrogens with one attached hydrogen (secondary N) is 2. The van der Waals surface area contributed by atoms with Gasteiger partial charge < -0.3 is 10.6 Å². The molecule has 6 nitrogen and oxygen atoms in total. The zero-order chi connectivity index (χ0) is 21.2. The summed E-state index contributed by atoms with van der Waals surface area (Å²) in [7, 11) is 0. The van der Waals surface area contributed by atoms with E-state index in [-0.39, 0.29) is 12.4 Å². The van der Waals surface area contributed by atoms with Gasteiger partial charge in [-0.05, 0) is 24.1 Å². The van der Waals surface area contributed by atoms with E-state index in [1.54, 1.807) is 49.4 Å². The maximum absolute atomic E-state index is 14.1. The lowest BCUT2D eigenvalue weighted by atomic mass is 9.84. The predicted molar refractivity (Wildman–Crippen MR) is 106 cm³/mol. The molecule has 2 N–H and O–H groups in total. The van der Waals surface area contributed by atoms with Gasteiger partial charge in [0.2, 0.25) is 5.91 Å². The molecule has 2 aromatic rings. The molecule has 2 aromatic carbocycles. The number of rotatable bonds is 6. The minimum Gasteiger partial charge on any atom is -0.354 e. The molecule has 1 aliphatic heterocycles. The fourth-order valence-corrected chi connectivity index (χ4v) is 3.43. The van der Waals surface area contributed by atoms with Gasteiger partial charge in [0.15, 0.2) is 0 Å². The quantitative estimate of drug-likeness (QED) is 0.736. The fourth-order valence-electron chi connectivity index (χ4n) is 3.43. The third-order valence-corrected chi connectivity index (χ3v) is 5.26. The van der Waals surface area contributed by atoms with Crippen LogP contribution in [0.4, 0.5) is 9.18 Å². The number of halogens is 1. The van der Waals surface area contributed by atoms with Crippen LogP contribution >= 0.6 is 0 Å². The predicted octanol–water partition coefficient (Wildman–Crippen LogP) is 2.69. The van der Waals surface area contributed by atoms with E-state index in [9.17, 15) is 18.8 Å². The molecular weight excluding hydrogens is 373 g/mol. The number of imide groups is 1. The van der Waals surface area contributed by atoms with Crippen LogP contribution in [-0.4, -0.2) is 35.8 Å². The highest BCUT2D eigenvalue weighted by atomic mass is 19.1. The Balaban J connectivity index is 1.66. The van der Waals surface area contributed by atoms with Gasteiger partial charge in [-0.1, -0.05) is 62.4 Å². The summed E-state index contributed by atoms with van der Waals surface area (Å²) >= 11 is 0. The lowest BCUT2D eigenvalue weighted by Crippen LogP contribution is -2.45. The first-order valence-corrected chi connectivity index (χ1v) is 9.36. The Kier molecular flexibility index (Phi) is 5.42. The molecule has 0 radical (unpaired) electrons. The normalized spacial score (nSPS) is 19.2. The number of hydrogen-bond donors (Lipinski definition) is 2. The van der Waals surface area contributed by atoms with Gasteiger partial charge in [-0.15, -0.1) is 0 Å². The minimum atomic E-state index is -1.22. The molecule has 4 amide bonds. The molecule has 1 fully saturated rings. The number of nitrogens with zero attached hydrogens (tertiary/aromatic N) is 1. The van der Waals surface area contributed by atoms with Crippen molar-refractivity contribution in [3.8, 4) is 0 Å². The molecule has 3 rings (SSSR count). The number of benzene rings is 2. The molecule has 1 saturated heterocycles. The largest absolute Gasteiger partial charge is 0.354 e. The van der Waals surface area contributed by atoms with Crippen LogP contribution in [0.2, 0.25) is 0 Å². The first-order valence-electron chi connectivity index (χ1n) is 9.36. The summed E-state index contributed by atoms with van der Waals surface area (Å²) in [6.45, 7) is 4.99. The van der Waals surface area contributed by atoms with Crippen molar-refractivity contribution in [3.63, 3.8) is 0 Å². The van der Waals surface area contributed by atoms with E-state index in [4.69, 9.17) is 0 Å². The van der Waals surface area contributed by atoms with Crippen molar-refractivity contribution in [3.05, 3.63) is 71.5 Å². The van der Waals surface area contributed by atoms with E-state index in [0.29, 0.717) is 11.1 Å². The van der Waals surface area contributed by atoms with Crippen LogP contribution in [0, 0.1) is 5.82 Å². The van der Waals surface area contributed by atoms with Crippen LogP contribution in [0.3, 0.4) is 0 Å². The standard InChI is InChI=1S/C22H24FN3O3/c1-21(2,16-11-7-8-12-17(16)23)14-24-18(27)13-26-19(28)22(3,25-20(26)29)15-9-5-4-6-10-15/h4-12H,13-14H2,1-3H3,(H,24,27)(H,25,29)/t22-/m1/s1. The van der Waals surface area contributed by atoms with Crippen molar-refractivity contribution in [1.29, 1.82) is 0 Å². The first kappa shape index (κ1) is 20.5. The molecule has 0 bridgehead atoms. The third-order valence-electron chi connectivity index (χ3n) is 5.26. The molecule has 0 unspecified atom stereocenters. The van der Waals surface area contributed by atoms with Crippen molar-refractivity contribution >= 4 is 17.8 Å². The van der Waals surface area contributed by atoms with Crippen molar-refractivity contribution < 1.29 is 18.8 Å². The molecule has 0 saturated carbocycles. The number of hydrogen-bond acceptors (Lipinski definition) is 3. The van der Waals surface area contributed by atoms with Gasteiger partial charge in [0.1, 0.15) is 17.9 Å². The fraction of sp³-hybridized carbons (Fsp3) is 0.318. The van der Waals surface area contributed by atoms with Gasteiger partial charge in [-0.2, -0.15) is 0 Å². The lowest BCUT2D eigenvalue weighted by molar-refractivity contribution is -0.134. The monoisotopic (exact) mass is 397 g/mol. The highest BCUT2D eigenvalue weighted by Crippen LogP contribution is 2.28. The van der Waals surface area contributed by atoms with E-state index in [0.717, 1.165) is 4.90 Å². The molecule has 7 heteroatoms. The topological polar surface area (TPSA) is 78.5 Å². The average molecular weight is 397 g/mol. The molecule has 152 valence electrons. The molecule has 0 aliphatic carbocycles. The van der Waals surface area contributed by atoms with Gasteiger partial charge in [-0.25, -0.2) is 9.18 Å². The van der Waals surface area contributed by atoms with Crippen LogP contribution in [0.25, 0.3) is 0 Å². The maximum atomic E-state index is 14.1. The van der Waals surface area contributed by atoms with Crippen molar-refractivity contribution in [1.82, 2.24) is 15.5 Å². The molecule has 1 aliphatic rings. The summed E-state index contributed by atoms with van der Waals surface area (Å²) in [5.74, 6) is -1.33. The van der Waals surface area contributed by atoms with Gasteiger partial charge in [0.25, 0.3) is 5.91 Å². The van der Waals surface area contributed by atoms with E-state index in [1.807, 2.05) is 19.9 Å². The second-order valence-corrected chi connectivity index (χ2v) is 7.95. The van der Waals surface area contributed by atoms with Gasteiger partial charge >= 0.3 is 6.03 Å². The van der Waals surface area contributed by atoms with E-state index in [2.05, 4.69) is 10.6 Å². The van der Waals surface area contributed by atoms with Crippen LogP contribution in [0.1, 0.15) is 31.9 Å². The van der Waals surface area contributed by atoms with Crippen molar-refractivity contribution in [2.45, 2.75) is 31.7 Å². The van der Waals surface area contributed by atoms with Crippen LogP contribution in [0.5, 0.6) is 0 Å². The summed E-state index contributed by atoms with van der Waals surface area (Å²) in [6, 6.07) is 14.6. The molecule has 1 atom stereocenters. The van der Waals surface area contributed by atoms with Gasteiger partial charge in [-0.3, -0.25) is 14.5 Å². The Bertz CT molecular complexity index is 945. The van der Waals surface area contributed by atoms with E-state index in [1.165, 1.54) is 6.07 Å². The molecular formula is C22H24FN3O3. The highest BCUT2D eigenvalue weighted by Gasteiger charge is 2.49. The molecule has 29 heavy (non-hydrogen) atoms. The van der Waals surface area contributed by atoms with Crippen LogP contribution in [0.15, 0.2) is 54.6 Å². The Labute approximate surface area is 169 Å². The van der Waals surface area contributed by atoms with Crippen molar-refractivity contribution in [2.75, 3.05) is 13.1 Å². The summed E-state index contributed by atoms with van der Waals surface area (Å²) in [5.41, 5.74) is -0.754. The Morgan fingerprint density at radius 3 is 2.38 bits per heavy atom. The summed E-state index contributed by atoms with van der Waals surface area (Å²) in [5, 5.41) is 5.37. The van der Waals surface area contributed by atoms with E-state index < -0.39 is 35.3 Å². The number of urea groups is 1. The lowest BCUT2D eigenvalue weighted by Gasteiger charge is -2.26. The summed E-state index contributed by atoms with van der Waals surface area (Å²) in [4.78, 5) is 38.5. The Hall–Kier alpha value is -3.22. The van der Waals surface area contributed by atoms with Crippen molar-refractivity contribution in [2.24, 2.45) is 0 Å². The number of carbonyl (C=O) groups excluding carboxylic acids is 3. The van der Waals surface area contributed by atoms with Crippen LogP contribution < -0.4 is 10.6 Å². The number of amides is 4. The second-order valence-electron chi connectivity index (χ2n) is 7.95. The smallest absolute Gasteiger partial charge is 0.325 e. The second kappa shape index (κ2) is 7.66.